The third-order valence-electron chi connectivity index (χ3n) is 2.46. The number of anilines is 1. The number of hydrogen-bond acceptors (Lipinski definition) is 5. The molecule has 0 spiro atoms. The molecule has 0 bridgehead atoms. The van der Waals surface area contributed by atoms with E-state index in [1.807, 2.05) is 0 Å². The van der Waals surface area contributed by atoms with Crippen molar-refractivity contribution >= 4 is 48.9 Å². The van der Waals surface area contributed by atoms with Crippen molar-refractivity contribution in [1.82, 2.24) is 0 Å². The minimum Gasteiger partial charge on any atom is -0.465 e. The molecule has 1 N–H and O–H groups in total. The van der Waals surface area contributed by atoms with Crippen molar-refractivity contribution in [2.45, 2.75) is 4.21 Å². The molecule has 1 aromatic heterocycles. The van der Waals surface area contributed by atoms with Gasteiger partial charge in [0.05, 0.1) is 18.4 Å². The van der Waals surface area contributed by atoms with Gasteiger partial charge < -0.3 is 4.74 Å². The van der Waals surface area contributed by atoms with Crippen LogP contribution in [0.1, 0.15) is 10.4 Å². The highest BCUT2D eigenvalue weighted by Gasteiger charge is 2.22. The van der Waals surface area contributed by atoms with Gasteiger partial charge in [-0.15, -0.1) is 11.3 Å². The highest BCUT2D eigenvalue weighted by atomic mass is 79.9. The molecule has 0 radical (unpaired) electrons. The molecule has 2 aromatic rings. The van der Waals surface area contributed by atoms with Crippen LogP contribution in [0.2, 0.25) is 0 Å². The fourth-order valence-corrected chi connectivity index (χ4v) is 4.97. The van der Waals surface area contributed by atoms with Gasteiger partial charge in [-0.25, -0.2) is 17.6 Å². The molecule has 0 aliphatic carbocycles. The molecule has 0 saturated heterocycles. The van der Waals surface area contributed by atoms with E-state index in [0.29, 0.717) is 4.47 Å². The van der Waals surface area contributed by atoms with Gasteiger partial charge in [0.15, 0.2) is 4.21 Å². The van der Waals surface area contributed by atoms with Crippen LogP contribution < -0.4 is 4.72 Å². The van der Waals surface area contributed by atoms with E-state index >= 15 is 0 Å². The molecule has 0 aliphatic rings. The molecule has 0 saturated carbocycles. The molecule has 1 aromatic carbocycles. The van der Waals surface area contributed by atoms with Crippen molar-refractivity contribution in [1.29, 1.82) is 0 Å². The van der Waals surface area contributed by atoms with Crippen LogP contribution in [0.25, 0.3) is 0 Å². The standard InChI is InChI=1S/C12H9BrFNO4S2/c1-19-11(16)8-6-7(14)2-3-10(8)15-21(17,18)12-9(13)4-5-20-12/h2-6,15H,1H3. The topological polar surface area (TPSA) is 72.5 Å². The summed E-state index contributed by atoms with van der Waals surface area (Å²) in [7, 11) is -2.76. The molecule has 0 fully saturated rings. The van der Waals surface area contributed by atoms with Crippen molar-refractivity contribution in [3.63, 3.8) is 0 Å². The highest BCUT2D eigenvalue weighted by molar-refractivity contribution is 9.10. The third-order valence-corrected chi connectivity index (χ3v) is 6.50. The summed E-state index contributed by atoms with van der Waals surface area (Å²) in [6.07, 6.45) is 0. The van der Waals surface area contributed by atoms with Gasteiger partial charge in [-0.1, -0.05) is 0 Å². The lowest BCUT2D eigenvalue weighted by atomic mass is 10.2. The minimum absolute atomic E-state index is 0.0523. The van der Waals surface area contributed by atoms with Crippen LogP contribution in [-0.4, -0.2) is 21.5 Å². The lowest BCUT2D eigenvalue weighted by Gasteiger charge is -2.11. The maximum Gasteiger partial charge on any atom is 0.340 e. The molecule has 112 valence electrons. The van der Waals surface area contributed by atoms with Crippen LogP contribution in [-0.2, 0) is 14.8 Å². The van der Waals surface area contributed by atoms with E-state index in [9.17, 15) is 17.6 Å². The number of carbonyl (C=O) groups excluding carboxylic acids is 1. The second-order valence-electron chi connectivity index (χ2n) is 3.84. The van der Waals surface area contributed by atoms with E-state index in [1.165, 1.54) is 6.07 Å². The van der Waals surface area contributed by atoms with Crippen molar-refractivity contribution in [3.05, 3.63) is 45.5 Å². The van der Waals surface area contributed by atoms with Gasteiger partial charge in [-0.3, -0.25) is 4.72 Å². The van der Waals surface area contributed by atoms with Crippen LogP contribution in [0.15, 0.2) is 38.3 Å². The van der Waals surface area contributed by atoms with Crippen molar-refractivity contribution in [2.24, 2.45) is 0 Å². The van der Waals surface area contributed by atoms with Gasteiger partial charge in [-0.05, 0) is 45.6 Å². The number of carbonyl (C=O) groups is 1. The molecule has 21 heavy (non-hydrogen) atoms. The summed E-state index contributed by atoms with van der Waals surface area (Å²) in [5.41, 5.74) is -0.252. The molecule has 0 atom stereocenters. The zero-order valence-electron chi connectivity index (χ0n) is 10.6. The van der Waals surface area contributed by atoms with E-state index in [1.54, 1.807) is 11.4 Å². The zero-order chi connectivity index (χ0) is 15.6. The highest BCUT2D eigenvalue weighted by Crippen LogP contribution is 2.30. The van der Waals surface area contributed by atoms with E-state index in [4.69, 9.17) is 0 Å². The Hall–Kier alpha value is -1.45. The fourth-order valence-electron chi connectivity index (χ4n) is 1.55. The van der Waals surface area contributed by atoms with Gasteiger partial charge in [-0.2, -0.15) is 0 Å². The first-order valence-corrected chi connectivity index (χ1v) is 8.64. The SMILES string of the molecule is COC(=O)c1cc(F)ccc1NS(=O)(=O)c1sccc1Br. The summed E-state index contributed by atoms with van der Waals surface area (Å²) >= 11 is 4.14. The Morgan fingerprint density at radius 2 is 2.10 bits per heavy atom. The first-order chi connectivity index (χ1) is 9.85. The number of benzene rings is 1. The van der Waals surface area contributed by atoms with Crippen molar-refractivity contribution in [3.8, 4) is 0 Å². The Kier molecular flexibility index (Phi) is 4.64. The Morgan fingerprint density at radius 3 is 2.67 bits per heavy atom. The van der Waals surface area contributed by atoms with E-state index in [-0.39, 0.29) is 15.5 Å². The maximum absolute atomic E-state index is 13.2. The molecular formula is C12H9BrFNO4S2. The van der Waals surface area contributed by atoms with E-state index in [0.717, 1.165) is 30.6 Å². The number of nitrogens with one attached hydrogen (secondary N) is 1. The number of thiophene rings is 1. The predicted octanol–water partition coefficient (Wildman–Crippen LogP) is 3.24. The number of methoxy groups -OCH3 is 1. The van der Waals surface area contributed by atoms with Crippen LogP contribution >= 0.6 is 27.3 Å². The molecular weight excluding hydrogens is 385 g/mol. The summed E-state index contributed by atoms with van der Waals surface area (Å²) in [6, 6.07) is 4.71. The predicted molar refractivity (Wildman–Crippen MR) is 80.6 cm³/mol. The third kappa shape index (κ3) is 3.42. The normalized spacial score (nSPS) is 11.2. The zero-order valence-corrected chi connectivity index (χ0v) is 13.8. The van der Waals surface area contributed by atoms with Crippen molar-refractivity contribution in [2.75, 3.05) is 11.8 Å². The average molecular weight is 394 g/mol. The van der Waals surface area contributed by atoms with Crippen LogP contribution in [0.5, 0.6) is 0 Å². The van der Waals surface area contributed by atoms with Crippen LogP contribution in [0.3, 0.4) is 0 Å². The fraction of sp³-hybridized carbons (Fsp3) is 0.0833. The number of ether oxygens (including phenoxy) is 1. The summed E-state index contributed by atoms with van der Waals surface area (Å²) in [5.74, 6) is -1.51. The molecule has 0 unspecified atom stereocenters. The van der Waals surface area contributed by atoms with Gasteiger partial charge in [0.2, 0.25) is 0 Å². The number of halogens is 2. The summed E-state index contributed by atoms with van der Waals surface area (Å²) in [5, 5.41) is 1.60. The lowest BCUT2D eigenvalue weighted by molar-refractivity contribution is 0.0601. The average Bonchev–Trinajstić information content (AvgIpc) is 2.87. The first-order valence-electron chi connectivity index (χ1n) is 5.49. The van der Waals surface area contributed by atoms with Gasteiger partial charge >= 0.3 is 5.97 Å². The molecule has 0 aliphatic heterocycles. The van der Waals surface area contributed by atoms with Gasteiger partial charge in [0.1, 0.15) is 5.82 Å². The molecule has 0 amide bonds. The Balaban J connectivity index is 2.45. The molecule has 1 heterocycles. The first kappa shape index (κ1) is 15.9. The quantitative estimate of drug-likeness (QED) is 0.809. The number of rotatable bonds is 4. The monoisotopic (exact) mass is 393 g/mol. The largest absolute Gasteiger partial charge is 0.465 e. The Labute approximate surface area is 132 Å². The number of esters is 1. The van der Waals surface area contributed by atoms with Crippen LogP contribution in [0, 0.1) is 5.82 Å². The second kappa shape index (κ2) is 6.12. The van der Waals surface area contributed by atoms with E-state index < -0.39 is 21.8 Å². The number of hydrogen-bond donors (Lipinski definition) is 1. The molecule has 9 heteroatoms. The van der Waals surface area contributed by atoms with E-state index in [2.05, 4.69) is 25.4 Å². The molecule has 5 nitrogen and oxygen atoms in total. The van der Waals surface area contributed by atoms with Gasteiger partial charge in [0.25, 0.3) is 10.0 Å². The number of sulfonamides is 1. The molecule has 2 rings (SSSR count). The minimum atomic E-state index is -3.89. The Bertz CT molecular complexity index is 788. The maximum atomic E-state index is 13.2. The second-order valence-corrected chi connectivity index (χ2v) is 7.49. The smallest absolute Gasteiger partial charge is 0.340 e. The lowest BCUT2D eigenvalue weighted by Crippen LogP contribution is -2.15. The van der Waals surface area contributed by atoms with Crippen LogP contribution in [0.4, 0.5) is 10.1 Å². The summed E-state index contributed by atoms with van der Waals surface area (Å²) in [4.78, 5) is 11.6. The Morgan fingerprint density at radius 1 is 1.38 bits per heavy atom. The summed E-state index contributed by atoms with van der Waals surface area (Å²) in [6.45, 7) is 0. The van der Waals surface area contributed by atoms with Gasteiger partial charge in [0, 0.05) is 4.47 Å². The summed E-state index contributed by atoms with van der Waals surface area (Å²) < 4.78 is 45.0. The van der Waals surface area contributed by atoms with Crippen molar-refractivity contribution < 1.29 is 22.3 Å².